The predicted molar refractivity (Wildman–Crippen MR) is 61.4 cm³/mol. The van der Waals surface area contributed by atoms with Crippen LogP contribution in [0.5, 0.6) is 0 Å². The van der Waals surface area contributed by atoms with Crippen molar-refractivity contribution in [2.75, 3.05) is 0 Å². The number of hydrogen-bond donors (Lipinski definition) is 0. The van der Waals surface area contributed by atoms with Gasteiger partial charge < -0.3 is 0 Å². The summed E-state index contributed by atoms with van der Waals surface area (Å²) in [5, 5.41) is 0. The van der Waals surface area contributed by atoms with Crippen LogP contribution in [-0.2, 0) is 9.59 Å². The summed E-state index contributed by atoms with van der Waals surface area (Å²) in [7, 11) is 0. The van der Waals surface area contributed by atoms with E-state index < -0.39 is 0 Å². The molecule has 0 aromatic heterocycles. The van der Waals surface area contributed by atoms with Crippen LogP contribution in [0.1, 0.15) is 60.3 Å². The molecule has 0 atom stereocenters. The number of carbonyl (C=O) groups is 2. The van der Waals surface area contributed by atoms with Crippen molar-refractivity contribution in [3.63, 3.8) is 0 Å². The Balaban J connectivity index is 4.98. The van der Waals surface area contributed by atoms with E-state index in [4.69, 9.17) is 0 Å². The molecular weight excluding hydrogens is 190 g/mol. The maximum atomic E-state index is 11.5. The van der Waals surface area contributed by atoms with Gasteiger partial charge in [-0.15, -0.1) is 0 Å². The number of amides is 2. The lowest BCUT2D eigenvalue weighted by Gasteiger charge is -2.39. The zero-order valence-corrected chi connectivity index (χ0v) is 10.6. The van der Waals surface area contributed by atoms with Crippen LogP contribution in [-0.4, -0.2) is 22.3 Å². The molecule has 0 radical (unpaired) electrons. The van der Waals surface area contributed by atoms with E-state index in [1.54, 1.807) is 0 Å². The molecular formula is C12H23NO2. The van der Waals surface area contributed by atoms with Gasteiger partial charge in [0.15, 0.2) is 0 Å². The van der Waals surface area contributed by atoms with Gasteiger partial charge in [0.05, 0.1) is 0 Å². The van der Waals surface area contributed by atoms with Crippen LogP contribution >= 0.6 is 0 Å². The summed E-state index contributed by atoms with van der Waals surface area (Å²) in [6, 6.07) is 0. The van der Waals surface area contributed by atoms with Gasteiger partial charge in [0, 0.05) is 19.4 Å². The molecule has 3 heteroatoms. The van der Waals surface area contributed by atoms with Crippen molar-refractivity contribution in [1.29, 1.82) is 0 Å². The Morgan fingerprint density at radius 2 is 1.33 bits per heavy atom. The molecule has 0 bridgehead atoms. The van der Waals surface area contributed by atoms with E-state index in [2.05, 4.69) is 13.8 Å². The van der Waals surface area contributed by atoms with Gasteiger partial charge in [-0.25, -0.2) is 0 Å². The molecule has 2 amide bonds. The summed E-state index contributed by atoms with van der Waals surface area (Å²) in [5.41, 5.74) is -0.304. The van der Waals surface area contributed by atoms with Crippen molar-refractivity contribution in [2.45, 2.75) is 65.8 Å². The maximum Gasteiger partial charge on any atom is 0.226 e. The molecule has 0 heterocycles. The van der Waals surface area contributed by atoms with E-state index in [1.165, 1.54) is 18.7 Å². The molecule has 0 unspecified atom stereocenters. The normalized spacial score (nSPS) is 11.3. The quantitative estimate of drug-likeness (QED) is 0.704. The summed E-state index contributed by atoms with van der Waals surface area (Å²) in [6.45, 7) is 9.08. The van der Waals surface area contributed by atoms with Gasteiger partial charge in [0.1, 0.15) is 0 Å². The second-order valence-electron chi connectivity index (χ2n) is 4.37. The first-order valence-corrected chi connectivity index (χ1v) is 5.70. The van der Waals surface area contributed by atoms with Gasteiger partial charge in [-0.3, -0.25) is 14.5 Å². The van der Waals surface area contributed by atoms with Crippen LogP contribution in [0.25, 0.3) is 0 Å². The minimum absolute atomic E-state index is 0.146. The number of carbonyl (C=O) groups excluding carboxylic acids is 2. The average molecular weight is 213 g/mol. The zero-order valence-electron chi connectivity index (χ0n) is 10.6. The molecule has 0 aliphatic heterocycles. The van der Waals surface area contributed by atoms with E-state index in [0.29, 0.717) is 0 Å². The molecule has 3 nitrogen and oxygen atoms in total. The molecule has 0 fully saturated rings. The fourth-order valence-electron chi connectivity index (χ4n) is 2.41. The largest absolute Gasteiger partial charge is 0.277 e. The molecule has 0 aliphatic carbocycles. The molecule has 0 N–H and O–H groups in total. The molecule has 0 aliphatic rings. The molecule has 0 aromatic carbocycles. The number of hydrogen-bond acceptors (Lipinski definition) is 2. The van der Waals surface area contributed by atoms with Crippen molar-refractivity contribution in [1.82, 2.24) is 4.90 Å². The lowest BCUT2D eigenvalue weighted by molar-refractivity contribution is -0.149. The highest BCUT2D eigenvalue weighted by molar-refractivity contribution is 5.93. The summed E-state index contributed by atoms with van der Waals surface area (Å²) in [5.74, 6) is -0.293. The Bertz CT molecular complexity index is 216. The fraction of sp³-hybridized carbons (Fsp3) is 0.833. The molecule has 0 saturated carbocycles. The Morgan fingerprint density at radius 1 is 1.00 bits per heavy atom. The smallest absolute Gasteiger partial charge is 0.226 e. The highest BCUT2D eigenvalue weighted by Crippen LogP contribution is 2.27. The average Bonchev–Trinajstić information content (AvgIpc) is 2.02. The Labute approximate surface area is 92.8 Å². The third-order valence-electron chi connectivity index (χ3n) is 2.75. The minimum atomic E-state index is -0.304. The molecule has 15 heavy (non-hydrogen) atoms. The van der Waals surface area contributed by atoms with E-state index >= 15 is 0 Å². The van der Waals surface area contributed by atoms with Crippen LogP contribution in [0.4, 0.5) is 0 Å². The monoisotopic (exact) mass is 213 g/mol. The van der Waals surface area contributed by atoms with Crippen molar-refractivity contribution in [3.05, 3.63) is 0 Å². The zero-order chi connectivity index (χ0) is 12.1. The van der Waals surface area contributed by atoms with E-state index in [-0.39, 0.29) is 17.4 Å². The highest BCUT2D eigenvalue weighted by Gasteiger charge is 2.34. The van der Waals surface area contributed by atoms with E-state index in [1.807, 2.05) is 6.92 Å². The van der Waals surface area contributed by atoms with E-state index in [9.17, 15) is 9.59 Å². The number of nitrogens with zero attached hydrogens (tertiary/aromatic N) is 1. The van der Waals surface area contributed by atoms with Crippen molar-refractivity contribution >= 4 is 11.8 Å². The standard InChI is InChI=1S/C12H23NO2/c1-6-8-12(5,9-7-2)13(10(3)14)11(4)15/h6-9H2,1-5H3. The van der Waals surface area contributed by atoms with Crippen LogP contribution < -0.4 is 0 Å². The van der Waals surface area contributed by atoms with Crippen LogP contribution in [0, 0.1) is 0 Å². The Morgan fingerprint density at radius 3 is 1.53 bits per heavy atom. The van der Waals surface area contributed by atoms with Crippen molar-refractivity contribution in [2.24, 2.45) is 0 Å². The third-order valence-corrected chi connectivity index (χ3v) is 2.75. The summed E-state index contributed by atoms with van der Waals surface area (Å²) in [4.78, 5) is 24.4. The van der Waals surface area contributed by atoms with Crippen LogP contribution in [0.2, 0.25) is 0 Å². The third kappa shape index (κ3) is 3.65. The Hall–Kier alpha value is -0.860. The lowest BCUT2D eigenvalue weighted by atomic mass is 9.88. The van der Waals surface area contributed by atoms with Crippen LogP contribution in [0.15, 0.2) is 0 Å². The van der Waals surface area contributed by atoms with Gasteiger partial charge in [-0.05, 0) is 19.8 Å². The highest BCUT2D eigenvalue weighted by atomic mass is 16.2. The predicted octanol–water partition coefficient (Wildman–Crippen LogP) is 2.74. The SMILES string of the molecule is CCCC(C)(CCC)N(C(C)=O)C(C)=O. The maximum absolute atomic E-state index is 11.5. The lowest BCUT2D eigenvalue weighted by Crippen LogP contribution is -2.51. The first kappa shape index (κ1) is 14.1. The second-order valence-corrected chi connectivity index (χ2v) is 4.37. The fourth-order valence-corrected chi connectivity index (χ4v) is 2.41. The molecule has 0 spiro atoms. The van der Waals surface area contributed by atoms with Gasteiger partial charge in [0.25, 0.3) is 0 Å². The first-order valence-electron chi connectivity index (χ1n) is 5.70. The molecule has 0 aromatic rings. The molecule has 88 valence electrons. The summed E-state index contributed by atoms with van der Waals surface area (Å²) < 4.78 is 0. The summed E-state index contributed by atoms with van der Waals surface area (Å²) in [6.07, 6.45) is 3.71. The van der Waals surface area contributed by atoms with Gasteiger partial charge in [-0.2, -0.15) is 0 Å². The minimum Gasteiger partial charge on any atom is -0.277 e. The number of imide groups is 1. The van der Waals surface area contributed by atoms with Crippen molar-refractivity contribution in [3.8, 4) is 0 Å². The van der Waals surface area contributed by atoms with Crippen molar-refractivity contribution < 1.29 is 9.59 Å². The van der Waals surface area contributed by atoms with Gasteiger partial charge >= 0.3 is 0 Å². The summed E-state index contributed by atoms with van der Waals surface area (Å²) >= 11 is 0. The number of rotatable bonds is 5. The topological polar surface area (TPSA) is 37.4 Å². The second kappa shape index (κ2) is 5.89. The Kier molecular flexibility index (Phi) is 5.55. The van der Waals surface area contributed by atoms with Gasteiger partial charge in [-0.1, -0.05) is 26.7 Å². The molecule has 0 saturated heterocycles. The van der Waals surface area contributed by atoms with E-state index in [0.717, 1.165) is 25.7 Å². The van der Waals surface area contributed by atoms with Gasteiger partial charge in [0.2, 0.25) is 11.8 Å². The molecule has 0 rings (SSSR count). The first-order chi connectivity index (χ1) is 6.89. The van der Waals surface area contributed by atoms with Crippen LogP contribution in [0.3, 0.4) is 0 Å².